The predicted octanol–water partition coefficient (Wildman–Crippen LogP) is 3.49. The zero-order valence-electron chi connectivity index (χ0n) is 16.0. The summed E-state index contributed by atoms with van der Waals surface area (Å²) in [4.78, 5) is 15.4. The average Bonchev–Trinajstić information content (AvgIpc) is 3.13. The normalized spacial score (nSPS) is 33.0. The molecule has 0 spiro atoms. The molecule has 1 heterocycles. The van der Waals surface area contributed by atoms with Crippen molar-refractivity contribution in [3.63, 3.8) is 0 Å². The van der Waals surface area contributed by atoms with Gasteiger partial charge >= 0.3 is 0 Å². The fourth-order valence-corrected chi connectivity index (χ4v) is 5.37. The lowest BCUT2D eigenvalue weighted by molar-refractivity contribution is -0.141. The first-order valence-corrected chi connectivity index (χ1v) is 10.5. The summed E-state index contributed by atoms with van der Waals surface area (Å²) < 4.78 is 19.4. The highest BCUT2D eigenvalue weighted by Crippen LogP contribution is 2.42. The maximum absolute atomic E-state index is 13.6. The first kappa shape index (κ1) is 18.9. The number of nitrogens with zero attached hydrogens (tertiary/aromatic N) is 1. The Bertz CT molecular complexity index is 647. The Labute approximate surface area is 161 Å². The van der Waals surface area contributed by atoms with Crippen LogP contribution in [0.4, 0.5) is 4.39 Å². The van der Waals surface area contributed by atoms with Gasteiger partial charge < -0.3 is 15.4 Å². The Hall–Kier alpha value is -1.46. The number of ether oxygens (including phenoxy) is 1. The first-order chi connectivity index (χ1) is 13.1. The van der Waals surface area contributed by atoms with E-state index in [1.165, 1.54) is 18.6 Å². The maximum atomic E-state index is 13.6. The SMILES string of the molecule is NC1C2CCCC1CC(C(=O)N(Cc1cccc(F)c1)CC1CCCO1)C2. The van der Waals surface area contributed by atoms with Crippen LogP contribution in [-0.2, 0) is 16.1 Å². The van der Waals surface area contributed by atoms with Crippen molar-refractivity contribution >= 4 is 5.91 Å². The number of rotatable bonds is 5. The molecule has 3 unspecified atom stereocenters. The lowest BCUT2D eigenvalue weighted by atomic mass is 9.65. The number of benzene rings is 1. The second-order valence-corrected chi connectivity index (χ2v) is 8.68. The van der Waals surface area contributed by atoms with Crippen molar-refractivity contribution in [3.8, 4) is 0 Å². The van der Waals surface area contributed by atoms with E-state index in [4.69, 9.17) is 10.5 Å². The molecule has 2 bridgehead atoms. The Morgan fingerprint density at radius 1 is 1.19 bits per heavy atom. The second kappa shape index (κ2) is 8.27. The van der Waals surface area contributed by atoms with Crippen molar-refractivity contribution in [3.05, 3.63) is 35.6 Å². The monoisotopic (exact) mass is 374 g/mol. The van der Waals surface area contributed by atoms with Gasteiger partial charge in [0.1, 0.15) is 5.82 Å². The Morgan fingerprint density at radius 3 is 2.63 bits per heavy atom. The van der Waals surface area contributed by atoms with Crippen molar-refractivity contribution in [2.45, 2.75) is 63.6 Å². The molecule has 5 heteroatoms. The molecule has 1 saturated heterocycles. The minimum Gasteiger partial charge on any atom is -0.376 e. The van der Waals surface area contributed by atoms with E-state index in [2.05, 4.69) is 0 Å². The molecule has 1 aliphatic heterocycles. The third-order valence-corrected chi connectivity index (χ3v) is 6.78. The molecule has 1 amide bonds. The highest BCUT2D eigenvalue weighted by molar-refractivity contribution is 5.79. The summed E-state index contributed by atoms with van der Waals surface area (Å²) in [6.45, 7) is 1.83. The molecule has 4 rings (SSSR count). The van der Waals surface area contributed by atoms with E-state index in [9.17, 15) is 9.18 Å². The number of carbonyl (C=O) groups excluding carboxylic acids is 1. The van der Waals surface area contributed by atoms with Crippen molar-refractivity contribution in [2.75, 3.05) is 13.2 Å². The standard InChI is InChI=1S/C22H31FN2O2/c23-19-7-1-4-15(10-19)13-25(14-20-8-3-9-27-20)22(26)18-11-16-5-2-6-17(12-18)21(16)24/h1,4,7,10,16-18,20-21H,2-3,5-6,8-9,11-14,24H2. The largest absolute Gasteiger partial charge is 0.376 e. The molecular formula is C22H31FN2O2. The third-order valence-electron chi connectivity index (χ3n) is 6.78. The molecule has 3 fully saturated rings. The van der Waals surface area contributed by atoms with E-state index >= 15 is 0 Å². The number of fused-ring (bicyclic) bond motifs is 2. The molecule has 1 aromatic carbocycles. The molecule has 2 aliphatic carbocycles. The van der Waals surface area contributed by atoms with Crippen molar-refractivity contribution in [2.24, 2.45) is 23.5 Å². The molecule has 27 heavy (non-hydrogen) atoms. The highest BCUT2D eigenvalue weighted by atomic mass is 19.1. The summed E-state index contributed by atoms with van der Waals surface area (Å²) in [7, 11) is 0. The van der Waals surface area contributed by atoms with E-state index in [1.54, 1.807) is 6.07 Å². The molecule has 0 aromatic heterocycles. The third kappa shape index (κ3) is 4.35. The molecule has 2 N–H and O–H groups in total. The highest BCUT2D eigenvalue weighted by Gasteiger charge is 2.42. The van der Waals surface area contributed by atoms with Gasteiger partial charge in [-0.15, -0.1) is 0 Å². The molecule has 4 nitrogen and oxygen atoms in total. The summed E-state index contributed by atoms with van der Waals surface area (Å²) >= 11 is 0. The number of hydrogen-bond donors (Lipinski definition) is 1. The van der Waals surface area contributed by atoms with Gasteiger partial charge in [-0.1, -0.05) is 18.6 Å². The van der Waals surface area contributed by atoms with Crippen LogP contribution in [0.3, 0.4) is 0 Å². The Balaban J connectivity index is 1.49. The van der Waals surface area contributed by atoms with Crippen LogP contribution in [0.1, 0.15) is 50.5 Å². The van der Waals surface area contributed by atoms with Crippen LogP contribution in [-0.4, -0.2) is 36.1 Å². The van der Waals surface area contributed by atoms with Crippen LogP contribution in [0.2, 0.25) is 0 Å². The lowest BCUT2D eigenvalue weighted by Crippen LogP contribution is -2.50. The fraction of sp³-hybridized carbons (Fsp3) is 0.682. The summed E-state index contributed by atoms with van der Waals surface area (Å²) in [5.74, 6) is 0.958. The smallest absolute Gasteiger partial charge is 0.226 e. The van der Waals surface area contributed by atoms with E-state index in [0.29, 0.717) is 24.9 Å². The second-order valence-electron chi connectivity index (χ2n) is 8.68. The summed E-state index contributed by atoms with van der Waals surface area (Å²) in [6, 6.07) is 6.84. The number of amides is 1. The Morgan fingerprint density at radius 2 is 1.96 bits per heavy atom. The van der Waals surface area contributed by atoms with Crippen LogP contribution >= 0.6 is 0 Å². The number of nitrogens with two attached hydrogens (primary N) is 1. The van der Waals surface area contributed by atoms with Gasteiger partial charge in [0, 0.05) is 31.7 Å². The number of halogens is 1. The van der Waals surface area contributed by atoms with Gasteiger partial charge in [-0.25, -0.2) is 4.39 Å². The van der Waals surface area contributed by atoms with Gasteiger partial charge in [-0.05, 0) is 68.1 Å². The minimum atomic E-state index is -0.254. The maximum Gasteiger partial charge on any atom is 0.226 e. The topological polar surface area (TPSA) is 55.6 Å². The van der Waals surface area contributed by atoms with Crippen LogP contribution in [0.25, 0.3) is 0 Å². The minimum absolute atomic E-state index is 0.0510. The molecule has 2 saturated carbocycles. The van der Waals surface area contributed by atoms with Crippen molar-refractivity contribution in [1.29, 1.82) is 0 Å². The molecule has 148 valence electrons. The van der Waals surface area contributed by atoms with Crippen LogP contribution in [0.5, 0.6) is 0 Å². The zero-order chi connectivity index (χ0) is 18.8. The van der Waals surface area contributed by atoms with Gasteiger partial charge in [0.15, 0.2) is 0 Å². The van der Waals surface area contributed by atoms with Gasteiger partial charge in [0.25, 0.3) is 0 Å². The van der Waals surface area contributed by atoms with Gasteiger partial charge in [0.05, 0.1) is 6.10 Å². The van der Waals surface area contributed by atoms with E-state index < -0.39 is 0 Å². The summed E-state index contributed by atoms with van der Waals surface area (Å²) in [5.41, 5.74) is 7.25. The van der Waals surface area contributed by atoms with Crippen molar-refractivity contribution < 1.29 is 13.9 Å². The van der Waals surface area contributed by atoms with E-state index in [1.807, 2.05) is 11.0 Å². The molecule has 3 atom stereocenters. The van der Waals surface area contributed by atoms with Crippen LogP contribution in [0, 0.1) is 23.6 Å². The summed E-state index contributed by atoms with van der Waals surface area (Å²) in [5, 5.41) is 0. The predicted molar refractivity (Wildman–Crippen MR) is 102 cm³/mol. The van der Waals surface area contributed by atoms with E-state index in [-0.39, 0.29) is 29.8 Å². The fourth-order valence-electron chi connectivity index (χ4n) is 5.37. The number of hydrogen-bond acceptors (Lipinski definition) is 3. The molecule has 1 aromatic rings. The first-order valence-electron chi connectivity index (χ1n) is 10.5. The Kier molecular flexibility index (Phi) is 5.79. The van der Waals surface area contributed by atoms with Gasteiger partial charge in [-0.3, -0.25) is 4.79 Å². The molecule has 0 radical (unpaired) electrons. The van der Waals surface area contributed by atoms with Gasteiger partial charge in [0.2, 0.25) is 5.91 Å². The molecule has 3 aliphatic rings. The van der Waals surface area contributed by atoms with Gasteiger partial charge in [-0.2, -0.15) is 0 Å². The summed E-state index contributed by atoms with van der Waals surface area (Å²) in [6.07, 6.45) is 7.50. The lowest BCUT2D eigenvalue weighted by Gasteiger charge is -2.44. The van der Waals surface area contributed by atoms with Crippen LogP contribution in [0.15, 0.2) is 24.3 Å². The van der Waals surface area contributed by atoms with E-state index in [0.717, 1.165) is 50.7 Å². The zero-order valence-corrected chi connectivity index (χ0v) is 16.0. The van der Waals surface area contributed by atoms with Crippen LogP contribution < -0.4 is 5.73 Å². The molecular weight excluding hydrogens is 343 g/mol. The average molecular weight is 375 g/mol. The number of carbonyl (C=O) groups is 1. The quantitative estimate of drug-likeness (QED) is 0.858. The van der Waals surface area contributed by atoms with Crippen molar-refractivity contribution in [1.82, 2.24) is 4.90 Å².